The van der Waals surface area contributed by atoms with Gasteiger partial charge in [-0.15, -0.1) is 0 Å². The van der Waals surface area contributed by atoms with Crippen LogP contribution in [0.25, 0.3) is 0 Å². The van der Waals surface area contributed by atoms with Crippen molar-refractivity contribution >= 4 is 5.91 Å². The van der Waals surface area contributed by atoms with Crippen LogP contribution in [-0.2, 0) is 0 Å². The molecule has 7 heteroatoms. The number of piperidine rings is 1. The number of amides is 1. The highest BCUT2D eigenvalue weighted by Crippen LogP contribution is 2.28. The fraction of sp³-hybridized carbons (Fsp3) is 0.273. The molecule has 7 nitrogen and oxygen atoms in total. The number of para-hydroxylation sites is 1. The van der Waals surface area contributed by atoms with Crippen LogP contribution in [0.1, 0.15) is 34.8 Å². The maximum atomic E-state index is 12.9. The second-order valence-corrected chi connectivity index (χ2v) is 6.88. The molecule has 1 aromatic carbocycles. The zero-order valence-corrected chi connectivity index (χ0v) is 16.2. The highest BCUT2D eigenvalue weighted by Gasteiger charge is 2.27. The van der Waals surface area contributed by atoms with Crippen molar-refractivity contribution in [2.75, 3.05) is 20.2 Å². The number of hydrogen-bond acceptors (Lipinski definition) is 6. The van der Waals surface area contributed by atoms with Gasteiger partial charge in [0, 0.05) is 37.5 Å². The Morgan fingerprint density at radius 2 is 1.93 bits per heavy atom. The van der Waals surface area contributed by atoms with Crippen molar-refractivity contribution in [1.29, 1.82) is 0 Å². The molecule has 1 aliphatic rings. The van der Waals surface area contributed by atoms with Gasteiger partial charge in [-0.25, -0.2) is 9.97 Å². The Labute approximate surface area is 169 Å². The van der Waals surface area contributed by atoms with Crippen molar-refractivity contribution in [2.24, 2.45) is 0 Å². The molecule has 3 aromatic rings. The molecule has 0 radical (unpaired) electrons. The van der Waals surface area contributed by atoms with Gasteiger partial charge in [0.15, 0.2) is 0 Å². The van der Waals surface area contributed by atoms with E-state index < -0.39 is 0 Å². The Bertz CT molecular complexity index is 963. The summed E-state index contributed by atoms with van der Waals surface area (Å²) in [5, 5.41) is 0. The Kier molecular flexibility index (Phi) is 5.65. The molecule has 1 fully saturated rings. The van der Waals surface area contributed by atoms with E-state index in [9.17, 15) is 4.79 Å². The molecule has 0 spiro atoms. The lowest BCUT2D eigenvalue weighted by molar-refractivity contribution is 0.0705. The van der Waals surface area contributed by atoms with Gasteiger partial charge >= 0.3 is 0 Å². The predicted octanol–water partition coefficient (Wildman–Crippen LogP) is 3.69. The van der Waals surface area contributed by atoms with Crippen LogP contribution in [0.2, 0.25) is 0 Å². The zero-order valence-electron chi connectivity index (χ0n) is 16.2. The van der Waals surface area contributed by atoms with E-state index in [0.29, 0.717) is 29.6 Å². The Hall–Kier alpha value is -3.48. The summed E-state index contributed by atoms with van der Waals surface area (Å²) in [6, 6.07) is 12.9. The fourth-order valence-electron chi connectivity index (χ4n) is 3.43. The predicted molar refractivity (Wildman–Crippen MR) is 107 cm³/mol. The number of ether oxygens (including phenoxy) is 2. The number of likely N-dealkylation sites (tertiary alicyclic amines) is 1. The molecule has 4 rings (SSSR count). The first kappa shape index (κ1) is 18.9. The minimum atomic E-state index is -0.0329. The summed E-state index contributed by atoms with van der Waals surface area (Å²) in [5.41, 5.74) is 1.39. The largest absolute Gasteiger partial charge is 0.481 e. The van der Waals surface area contributed by atoms with Crippen LogP contribution < -0.4 is 9.47 Å². The van der Waals surface area contributed by atoms with E-state index in [1.807, 2.05) is 35.2 Å². The van der Waals surface area contributed by atoms with E-state index in [-0.39, 0.29) is 11.8 Å². The molecular weight excluding hydrogens is 368 g/mol. The first-order valence-electron chi connectivity index (χ1n) is 9.57. The molecule has 0 saturated carbocycles. The third-order valence-electron chi connectivity index (χ3n) is 4.92. The highest BCUT2D eigenvalue weighted by atomic mass is 16.5. The number of carbonyl (C=O) groups excluding carboxylic acids is 1. The molecule has 1 unspecified atom stereocenters. The van der Waals surface area contributed by atoms with Crippen LogP contribution in [0, 0.1) is 0 Å². The summed E-state index contributed by atoms with van der Waals surface area (Å²) < 4.78 is 10.9. The highest BCUT2D eigenvalue weighted by molar-refractivity contribution is 5.94. The van der Waals surface area contributed by atoms with E-state index in [1.54, 1.807) is 37.8 Å². The topological polar surface area (TPSA) is 77.4 Å². The van der Waals surface area contributed by atoms with Gasteiger partial charge in [-0.2, -0.15) is 0 Å². The minimum absolute atomic E-state index is 0.0329. The summed E-state index contributed by atoms with van der Waals surface area (Å²) >= 11 is 0. The molecular formula is C22H22N4O3. The van der Waals surface area contributed by atoms with Gasteiger partial charge in [-0.1, -0.05) is 18.2 Å². The van der Waals surface area contributed by atoms with E-state index in [4.69, 9.17) is 9.47 Å². The maximum Gasteiger partial charge on any atom is 0.255 e. The van der Waals surface area contributed by atoms with Gasteiger partial charge in [-0.3, -0.25) is 9.78 Å². The summed E-state index contributed by atoms with van der Waals surface area (Å²) in [5.74, 6) is 1.74. The van der Waals surface area contributed by atoms with Crippen molar-refractivity contribution in [3.05, 3.63) is 72.3 Å². The number of carbonyl (C=O) groups is 1. The Morgan fingerprint density at radius 1 is 1.07 bits per heavy atom. The number of benzene rings is 1. The molecule has 1 atom stereocenters. The second-order valence-electron chi connectivity index (χ2n) is 6.88. The monoisotopic (exact) mass is 390 g/mol. The molecule has 148 valence electrons. The molecule has 29 heavy (non-hydrogen) atoms. The van der Waals surface area contributed by atoms with Crippen molar-refractivity contribution in [3.63, 3.8) is 0 Å². The van der Waals surface area contributed by atoms with Gasteiger partial charge < -0.3 is 14.4 Å². The molecule has 1 saturated heterocycles. The van der Waals surface area contributed by atoms with Crippen LogP contribution in [0.4, 0.5) is 0 Å². The second kappa shape index (κ2) is 8.68. The molecule has 0 aliphatic carbocycles. The maximum absolute atomic E-state index is 12.9. The lowest BCUT2D eigenvalue weighted by Crippen LogP contribution is -2.39. The first-order chi connectivity index (χ1) is 14.2. The molecule has 3 heterocycles. The standard InChI is InChI=1S/C22H22N4O3/c1-28-20-10-9-16(12-24-20)22(27)26-11-5-6-17(15-26)19-13-23-14-21(25-19)29-18-7-3-2-4-8-18/h2-4,7-10,12-14,17H,5-6,11,15H2,1H3. The van der Waals surface area contributed by atoms with Gasteiger partial charge in [0.2, 0.25) is 11.8 Å². The van der Waals surface area contributed by atoms with Crippen LogP contribution in [0.5, 0.6) is 17.5 Å². The lowest BCUT2D eigenvalue weighted by atomic mass is 9.94. The molecule has 0 N–H and O–H groups in total. The SMILES string of the molecule is COc1ccc(C(=O)N2CCCC(c3cncc(Oc4ccccc4)n3)C2)cn1. The van der Waals surface area contributed by atoms with E-state index in [1.165, 1.54) is 0 Å². The van der Waals surface area contributed by atoms with E-state index >= 15 is 0 Å². The number of hydrogen-bond donors (Lipinski definition) is 0. The Balaban J connectivity index is 1.46. The van der Waals surface area contributed by atoms with Gasteiger partial charge in [0.1, 0.15) is 5.75 Å². The lowest BCUT2D eigenvalue weighted by Gasteiger charge is -2.32. The van der Waals surface area contributed by atoms with Crippen molar-refractivity contribution in [1.82, 2.24) is 19.9 Å². The van der Waals surface area contributed by atoms with Crippen molar-refractivity contribution in [3.8, 4) is 17.5 Å². The van der Waals surface area contributed by atoms with Crippen LogP contribution in [0.3, 0.4) is 0 Å². The number of aromatic nitrogens is 3. The third kappa shape index (κ3) is 4.51. The zero-order chi connectivity index (χ0) is 20.1. The summed E-state index contributed by atoms with van der Waals surface area (Å²) in [7, 11) is 1.55. The molecule has 1 aliphatic heterocycles. The van der Waals surface area contributed by atoms with Crippen LogP contribution >= 0.6 is 0 Å². The number of rotatable bonds is 5. The number of nitrogens with zero attached hydrogens (tertiary/aromatic N) is 4. The average molecular weight is 390 g/mol. The third-order valence-corrected chi connectivity index (χ3v) is 4.92. The quantitative estimate of drug-likeness (QED) is 0.661. The van der Waals surface area contributed by atoms with Gasteiger partial charge in [0.25, 0.3) is 5.91 Å². The fourth-order valence-corrected chi connectivity index (χ4v) is 3.43. The first-order valence-corrected chi connectivity index (χ1v) is 9.57. The molecule has 2 aromatic heterocycles. The van der Waals surface area contributed by atoms with Crippen molar-refractivity contribution < 1.29 is 14.3 Å². The number of pyridine rings is 1. The normalized spacial score (nSPS) is 16.3. The number of methoxy groups -OCH3 is 1. The smallest absolute Gasteiger partial charge is 0.255 e. The summed E-state index contributed by atoms with van der Waals surface area (Å²) in [4.78, 5) is 27.8. The summed E-state index contributed by atoms with van der Waals surface area (Å²) in [6.45, 7) is 1.31. The van der Waals surface area contributed by atoms with E-state index in [2.05, 4.69) is 15.0 Å². The van der Waals surface area contributed by atoms with Crippen molar-refractivity contribution in [2.45, 2.75) is 18.8 Å². The minimum Gasteiger partial charge on any atom is -0.481 e. The average Bonchev–Trinajstić information content (AvgIpc) is 2.79. The summed E-state index contributed by atoms with van der Waals surface area (Å²) in [6.07, 6.45) is 6.77. The Morgan fingerprint density at radius 3 is 2.69 bits per heavy atom. The van der Waals surface area contributed by atoms with E-state index in [0.717, 1.165) is 25.1 Å². The van der Waals surface area contributed by atoms with Crippen LogP contribution in [-0.4, -0.2) is 46.0 Å². The van der Waals surface area contributed by atoms with Gasteiger partial charge in [-0.05, 0) is 31.0 Å². The molecule has 1 amide bonds. The molecule has 0 bridgehead atoms. The van der Waals surface area contributed by atoms with Gasteiger partial charge in [0.05, 0.1) is 24.6 Å². The van der Waals surface area contributed by atoms with Crippen LogP contribution in [0.15, 0.2) is 61.1 Å².